The van der Waals surface area contributed by atoms with Crippen molar-refractivity contribution in [3.05, 3.63) is 71.8 Å². The summed E-state index contributed by atoms with van der Waals surface area (Å²) < 4.78 is 5.37. The fraction of sp³-hybridized carbons (Fsp3) is 0.0714. The Balaban J connectivity index is 1.95. The van der Waals surface area contributed by atoms with Crippen LogP contribution in [0.4, 0.5) is 0 Å². The van der Waals surface area contributed by atoms with Gasteiger partial charge in [-0.15, -0.1) is 0 Å². The van der Waals surface area contributed by atoms with Gasteiger partial charge in [-0.05, 0) is 17.7 Å². The van der Waals surface area contributed by atoms with E-state index in [0.717, 1.165) is 5.56 Å². The van der Waals surface area contributed by atoms with Crippen LogP contribution in [-0.2, 0) is 11.3 Å². The monoisotopic (exact) mass is 210 g/mol. The lowest BCUT2D eigenvalue weighted by molar-refractivity contribution is 0.291. The van der Waals surface area contributed by atoms with Gasteiger partial charge in [0, 0.05) is 5.56 Å². The number of hydrogen-bond donors (Lipinski definition) is 1. The first-order chi connectivity index (χ1) is 7.86. The van der Waals surface area contributed by atoms with E-state index in [0.29, 0.717) is 12.2 Å². The van der Waals surface area contributed by atoms with Gasteiger partial charge in [-0.3, -0.25) is 5.41 Å². The fourth-order valence-corrected chi connectivity index (χ4v) is 1.34. The van der Waals surface area contributed by atoms with Crippen LogP contribution in [0.15, 0.2) is 54.6 Å². The van der Waals surface area contributed by atoms with E-state index in [1.165, 1.54) is 0 Å². The fourth-order valence-electron chi connectivity index (χ4n) is 1.34. The summed E-state index contributed by atoms with van der Waals surface area (Å²) in [6, 6.07) is 20.1. The number of ether oxygens (including phenoxy) is 1. The molecule has 16 heavy (non-hydrogen) atoms. The Morgan fingerprint density at radius 3 is 2.50 bits per heavy atom. The number of nitrogens with one attached hydrogen (secondary N) is 1. The average molecular weight is 210 g/mol. The van der Waals surface area contributed by atoms with Crippen molar-refractivity contribution in [1.82, 2.24) is 0 Å². The van der Waals surface area contributed by atoms with E-state index in [1.54, 1.807) is 6.07 Å². The zero-order chi connectivity index (χ0) is 11.2. The Labute approximate surface area is 95.0 Å². The Morgan fingerprint density at radius 2 is 1.81 bits per heavy atom. The molecule has 0 aliphatic rings. The van der Waals surface area contributed by atoms with Crippen LogP contribution in [0.3, 0.4) is 0 Å². The van der Waals surface area contributed by atoms with Crippen LogP contribution in [-0.4, -0.2) is 5.90 Å². The summed E-state index contributed by atoms with van der Waals surface area (Å²) in [5, 5.41) is 7.73. The molecular formula is C14H12NO. The second kappa shape index (κ2) is 5.12. The van der Waals surface area contributed by atoms with Gasteiger partial charge in [-0.1, -0.05) is 48.5 Å². The summed E-state index contributed by atoms with van der Waals surface area (Å²) in [5.41, 5.74) is 1.74. The highest BCUT2D eigenvalue weighted by Gasteiger charge is 2.01. The second-order valence-electron chi connectivity index (χ2n) is 3.38. The molecule has 0 spiro atoms. The lowest BCUT2D eigenvalue weighted by Crippen LogP contribution is -2.04. The lowest BCUT2D eigenvalue weighted by atomic mass is 10.2. The van der Waals surface area contributed by atoms with Crippen LogP contribution in [0.25, 0.3) is 0 Å². The molecule has 0 aliphatic carbocycles. The molecule has 0 saturated carbocycles. The smallest absolute Gasteiger partial charge is 0.214 e. The lowest BCUT2D eigenvalue weighted by Gasteiger charge is -2.06. The zero-order valence-electron chi connectivity index (χ0n) is 8.81. The first-order valence-corrected chi connectivity index (χ1v) is 5.08. The van der Waals surface area contributed by atoms with E-state index in [9.17, 15) is 0 Å². The van der Waals surface area contributed by atoms with Crippen molar-refractivity contribution in [3.8, 4) is 0 Å². The van der Waals surface area contributed by atoms with E-state index in [4.69, 9.17) is 10.1 Å². The van der Waals surface area contributed by atoms with Gasteiger partial charge in [0.1, 0.15) is 6.61 Å². The summed E-state index contributed by atoms with van der Waals surface area (Å²) in [7, 11) is 0. The van der Waals surface area contributed by atoms with Gasteiger partial charge in [0.25, 0.3) is 0 Å². The normalized spacial score (nSPS) is 9.75. The van der Waals surface area contributed by atoms with Crippen LogP contribution >= 0.6 is 0 Å². The summed E-state index contributed by atoms with van der Waals surface area (Å²) in [4.78, 5) is 0. The Hall–Kier alpha value is -2.09. The summed E-state index contributed by atoms with van der Waals surface area (Å²) in [6.07, 6.45) is 0. The maximum Gasteiger partial charge on any atom is 0.214 e. The van der Waals surface area contributed by atoms with Crippen LogP contribution in [0, 0.1) is 11.5 Å². The third-order valence-corrected chi connectivity index (χ3v) is 2.18. The van der Waals surface area contributed by atoms with Gasteiger partial charge in [0.2, 0.25) is 5.90 Å². The molecule has 0 heterocycles. The summed E-state index contributed by atoms with van der Waals surface area (Å²) in [5.74, 6) is 0.157. The Kier molecular flexibility index (Phi) is 3.34. The van der Waals surface area contributed by atoms with E-state index in [-0.39, 0.29) is 5.90 Å². The van der Waals surface area contributed by atoms with Gasteiger partial charge >= 0.3 is 0 Å². The molecule has 2 heteroatoms. The molecule has 2 nitrogen and oxygen atoms in total. The van der Waals surface area contributed by atoms with Crippen LogP contribution < -0.4 is 0 Å². The van der Waals surface area contributed by atoms with Crippen LogP contribution in [0.2, 0.25) is 0 Å². The summed E-state index contributed by atoms with van der Waals surface area (Å²) >= 11 is 0. The highest BCUT2D eigenvalue weighted by molar-refractivity contribution is 5.91. The van der Waals surface area contributed by atoms with Crippen molar-refractivity contribution in [2.24, 2.45) is 0 Å². The second-order valence-corrected chi connectivity index (χ2v) is 3.38. The molecule has 0 fully saturated rings. The van der Waals surface area contributed by atoms with Crippen molar-refractivity contribution in [3.63, 3.8) is 0 Å². The Bertz CT molecular complexity index is 451. The number of rotatable bonds is 3. The van der Waals surface area contributed by atoms with Gasteiger partial charge < -0.3 is 4.74 Å². The Morgan fingerprint density at radius 1 is 1.06 bits per heavy atom. The van der Waals surface area contributed by atoms with Crippen molar-refractivity contribution < 1.29 is 4.74 Å². The third-order valence-electron chi connectivity index (χ3n) is 2.18. The molecule has 0 aromatic heterocycles. The van der Waals surface area contributed by atoms with Crippen LogP contribution in [0.5, 0.6) is 0 Å². The number of hydrogen-bond acceptors (Lipinski definition) is 2. The highest BCUT2D eigenvalue weighted by atomic mass is 16.5. The largest absolute Gasteiger partial charge is 0.473 e. The highest BCUT2D eigenvalue weighted by Crippen LogP contribution is 2.05. The van der Waals surface area contributed by atoms with Gasteiger partial charge in [-0.25, -0.2) is 0 Å². The first-order valence-electron chi connectivity index (χ1n) is 5.08. The van der Waals surface area contributed by atoms with E-state index in [1.807, 2.05) is 48.5 Å². The molecule has 2 aromatic carbocycles. The van der Waals surface area contributed by atoms with Crippen molar-refractivity contribution in [1.29, 1.82) is 5.41 Å². The molecule has 1 N–H and O–H groups in total. The van der Waals surface area contributed by atoms with E-state index < -0.39 is 0 Å². The van der Waals surface area contributed by atoms with Crippen molar-refractivity contribution in [2.45, 2.75) is 6.61 Å². The minimum absolute atomic E-state index is 0.157. The maximum absolute atomic E-state index is 7.73. The van der Waals surface area contributed by atoms with E-state index >= 15 is 0 Å². The average Bonchev–Trinajstić information content (AvgIpc) is 2.38. The molecule has 0 unspecified atom stereocenters. The van der Waals surface area contributed by atoms with Crippen LogP contribution in [0.1, 0.15) is 11.1 Å². The van der Waals surface area contributed by atoms with Crippen molar-refractivity contribution >= 4 is 5.90 Å². The quantitative estimate of drug-likeness (QED) is 0.613. The van der Waals surface area contributed by atoms with Gasteiger partial charge in [0.15, 0.2) is 0 Å². The molecule has 0 atom stereocenters. The molecule has 0 bridgehead atoms. The molecule has 2 aromatic rings. The zero-order valence-corrected chi connectivity index (χ0v) is 8.81. The summed E-state index contributed by atoms with van der Waals surface area (Å²) in [6.45, 7) is 0.419. The molecule has 2 rings (SSSR count). The van der Waals surface area contributed by atoms with Gasteiger partial charge in [0.05, 0.1) is 0 Å². The van der Waals surface area contributed by atoms with Gasteiger partial charge in [-0.2, -0.15) is 0 Å². The van der Waals surface area contributed by atoms with Crippen molar-refractivity contribution in [2.75, 3.05) is 0 Å². The minimum Gasteiger partial charge on any atom is -0.473 e. The SMILES string of the molecule is N=C(OCc1ccccc1)c1[c]cccc1. The maximum atomic E-state index is 7.73. The third kappa shape index (κ3) is 2.70. The predicted octanol–water partition coefficient (Wildman–Crippen LogP) is 3.03. The molecular weight excluding hydrogens is 198 g/mol. The molecule has 0 amide bonds. The molecule has 1 radical (unpaired) electrons. The topological polar surface area (TPSA) is 33.1 Å². The minimum atomic E-state index is 0.157. The first kappa shape index (κ1) is 10.4. The molecule has 0 saturated heterocycles. The molecule has 0 aliphatic heterocycles. The molecule has 79 valence electrons. The number of benzene rings is 2. The van der Waals surface area contributed by atoms with E-state index in [2.05, 4.69) is 6.07 Å². The predicted molar refractivity (Wildman–Crippen MR) is 63.3 cm³/mol. The standard InChI is InChI=1S/C14H12NO/c15-14(13-9-5-2-6-10-13)16-11-12-7-3-1-4-8-12/h1-9,15H,11H2.